The number of ether oxygens (including phenoxy) is 1. The molecule has 5 nitrogen and oxygen atoms in total. The maximum Gasteiger partial charge on any atom is 0.352 e. The fourth-order valence-electron chi connectivity index (χ4n) is 1.25. The molecule has 0 aromatic rings. The zero-order valence-electron chi connectivity index (χ0n) is 8.62. The molecule has 0 aliphatic carbocycles. The van der Waals surface area contributed by atoms with Gasteiger partial charge in [0.25, 0.3) is 5.91 Å². The van der Waals surface area contributed by atoms with Crippen LogP contribution in [0.2, 0.25) is 0 Å². The summed E-state index contributed by atoms with van der Waals surface area (Å²) in [5.74, 6) is -1.24. The molecule has 5 heteroatoms. The zero-order valence-corrected chi connectivity index (χ0v) is 8.62. The maximum atomic E-state index is 11.2. The van der Waals surface area contributed by atoms with E-state index in [1.165, 1.54) is 0 Å². The normalized spacial score (nSPS) is 17.9. The molecule has 1 aliphatic heterocycles. The van der Waals surface area contributed by atoms with Crippen molar-refractivity contribution in [3.63, 3.8) is 0 Å². The molecule has 0 aromatic carbocycles. The number of esters is 1. The van der Waals surface area contributed by atoms with Gasteiger partial charge < -0.3 is 4.74 Å². The number of rotatable bonds is 4. The Morgan fingerprint density at radius 3 is 2.73 bits per heavy atom. The van der Waals surface area contributed by atoms with Gasteiger partial charge in [0.1, 0.15) is 11.5 Å². The van der Waals surface area contributed by atoms with Gasteiger partial charge in [-0.05, 0) is 6.42 Å². The number of carbonyl (C=O) groups excluding carboxylic acids is 3. The van der Waals surface area contributed by atoms with Crippen LogP contribution in [0.4, 0.5) is 0 Å². The molecule has 82 valence electrons. The minimum Gasteiger partial charge on any atom is -0.461 e. The predicted molar refractivity (Wildman–Crippen MR) is 52.6 cm³/mol. The average Bonchev–Trinajstić information content (AvgIpc) is 2.52. The first kappa shape index (κ1) is 11.6. The highest BCUT2D eigenvalue weighted by atomic mass is 16.5. The molecular weight excluding hydrogens is 198 g/mol. The first-order valence-electron chi connectivity index (χ1n) is 4.92. The highest BCUT2D eigenvalue weighted by molar-refractivity contribution is 6.39. The third-order valence-electron chi connectivity index (χ3n) is 1.94. The summed E-state index contributed by atoms with van der Waals surface area (Å²) in [6.45, 7) is 2.14. The van der Waals surface area contributed by atoms with Gasteiger partial charge in [-0.25, -0.2) is 9.79 Å². The summed E-state index contributed by atoms with van der Waals surface area (Å²) >= 11 is 0. The van der Waals surface area contributed by atoms with Gasteiger partial charge in [-0.2, -0.15) is 0 Å². The van der Waals surface area contributed by atoms with Crippen molar-refractivity contribution in [3.05, 3.63) is 0 Å². The van der Waals surface area contributed by atoms with E-state index < -0.39 is 11.9 Å². The van der Waals surface area contributed by atoms with E-state index in [0.717, 1.165) is 0 Å². The first-order chi connectivity index (χ1) is 7.13. The van der Waals surface area contributed by atoms with Crippen LogP contribution in [0.15, 0.2) is 4.99 Å². The second kappa shape index (κ2) is 5.38. The van der Waals surface area contributed by atoms with Gasteiger partial charge in [0.15, 0.2) is 0 Å². The van der Waals surface area contributed by atoms with Crippen molar-refractivity contribution in [2.75, 3.05) is 6.61 Å². The third-order valence-corrected chi connectivity index (χ3v) is 1.94. The fraction of sp³-hybridized carbons (Fsp3) is 0.600. The Morgan fingerprint density at radius 2 is 2.20 bits per heavy atom. The number of hydrogen-bond acceptors (Lipinski definition) is 4. The van der Waals surface area contributed by atoms with Crippen molar-refractivity contribution < 1.29 is 19.1 Å². The molecule has 0 atom stereocenters. The second-order valence-corrected chi connectivity index (χ2v) is 3.30. The standard InChI is InChI=1S/C10H13NO4/c1-2-3-7(12)6-9(13)11-8-4-5-15-10(8)14/h2-6H2,1H3. The van der Waals surface area contributed by atoms with Gasteiger partial charge in [-0.1, -0.05) is 6.92 Å². The van der Waals surface area contributed by atoms with Crippen molar-refractivity contribution in [3.8, 4) is 0 Å². The molecule has 0 bridgehead atoms. The Kier molecular flexibility index (Phi) is 4.15. The molecular formula is C10H13NO4. The highest BCUT2D eigenvalue weighted by Crippen LogP contribution is 2.04. The molecule has 0 saturated carbocycles. The SMILES string of the molecule is CCCC(=O)CC(=O)N=C1CCOC1=O. The predicted octanol–water partition coefficient (Wildman–Crippen LogP) is 0.660. The van der Waals surface area contributed by atoms with Gasteiger partial charge in [-0.3, -0.25) is 9.59 Å². The van der Waals surface area contributed by atoms with E-state index >= 15 is 0 Å². The number of cyclic esters (lactones) is 1. The molecule has 1 aliphatic rings. The summed E-state index contributed by atoms with van der Waals surface area (Å²) in [5, 5.41) is 0. The van der Waals surface area contributed by atoms with E-state index in [4.69, 9.17) is 0 Å². The molecule has 1 heterocycles. The molecule has 1 rings (SSSR count). The monoisotopic (exact) mass is 211 g/mol. The van der Waals surface area contributed by atoms with Crippen LogP contribution in [0.3, 0.4) is 0 Å². The topological polar surface area (TPSA) is 72.8 Å². The van der Waals surface area contributed by atoms with Crippen LogP contribution in [0.5, 0.6) is 0 Å². The Hall–Kier alpha value is -1.52. The molecule has 1 amide bonds. The van der Waals surface area contributed by atoms with Crippen molar-refractivity contribution >= 4 is 23.4 Å². The molecule has 0 N–H and O–H groups in total. The van der Waals surface area contributed by atoms with Crippen LogP contribution >= 0.6 is 0 Å². The van der Waals surface area contributed by atoms with Gasteiger partial charge in [0.2, 0.25) is 0 Å². The number of carbonyl (C=O) groups is 3. The Bertz CT molecular complexity index is 319. The summed E-state index contributed by atoms with van der Waals surface area (Å²) in [6.07, 6.45) is 1.23. The summed E-state index contributed by atoms with van der Waals surface area (Å²) in [5.41, 5.74) is 0.129. The van der Waals surface area contributed by atoms with E-state index in [1.807, 2.05) is 6.92 Å². The fourth-order valence-corrected chi connectivity index (χ4v) is 1.25. The number of nitrogens with zero attached hydrogens (tertiary/aromatic N) is 1. The van der Waals surface area contributed by atoms with Gasteiger partial charge in [0, 0.05) is 12.8 Å². The minimum absolute atomic E-state index is 0.129. The smallest absolute Gasteiger partial charge is 0.352 e. The number of hydrogen-bond donors (Lipinski definition) is 0. The lowest BCUT2D eigenvalue weighted by molar-refractivity contribution is -0.133. The molecule has 0 aromatic heterocycles. The number of amides is 1. The molecule has 0 radical (unpaired) electrons. The summed E-state index contributed by atoms with van der Waals surface area (Å²) in [4.78, 5) is 36.8. The van der Waals surface area contributed by atoms with E-state index in [9.17, 15) is 14.4 Å². The Labute approximate surface area is 87.5 Å². The molecule has 15 heavy (non-hydrogen) atoms. The first-order valence-corrected chi connectivity index (χ1v) is 4.92. The quantitative estimate of drug-likeness (QED) is 0.505. The summed E-state index contributed by atoms with van der Waals surface area (Å²) in [6, 6.07) is 0. The summed E-state index contributed by atoms with van der Waals surface area (Å²) in [7, 11) is 0. The molecule has 0 spiro atoms. The van der Waals surface area contributed by atoms with Crippen LogP contribution in [0.1, 0.15) is 32.6 Å². The van der Waals surface area contributed by atoms with Crippen molar-refractivity contribution in [2.45, 2.75) is 32.6 Å². The van der Waals surface area contributed by atoms with E-state index in [0.29, 0.717) is 19.3 Å². The maximum absolute atomic E-state index is 11.2. The number of ketones is 1. The number of aliphatic imine (C=N–C) groups is 1. The van der Waals surface area contributed by atoms with Crippen LogP contribution in [0.25, 0.3) is 0 Å². The second-order valence-electron chi connectivity index (χ2n) is 3.30. The molecule has 0 unspecified atom stereocenters. The lowest BCUT2D eigenvalue weighted by Crippen LogP contribution is -2.12. The molecule has 1 fully saturated rings. The highest BCUT2D eigenvalue weighted by Gasteiger charge is 2.22. The van der Waals surface area contributed by atoms with E-state index in [-0.39, 0.29) is 24.5 Å². The zero-order chi connectivity index (χ0) is 11.3. The minimum atomic E-state index is -0.553. The van der Waals surface area contributed by atoms with E-state index in [1.54, 1.807) is 0 Å². The van der Waals surface area contributed by atoms with Crippen LogP contribution < -0.4 is 0 Å². The van der Waals surface area contributed by atoms with Crippen LogP contribution in [-0.2, 0) is 19.1 Å². The molecule has 1 saturated heterocycles. The van der Waals surface area contributed by atoms with E-state index in [2.05, 4.69) is 9.73 Å². The number of Topliss-reactive ketones (excluding diaryl/α,β-unsaturated/α-hetero) is 1. The van der Waals surface area contributed by atoms with Gasteiger partial charge in [-0.15, -0.1) is 0 Å². The van der Waals surface area contributed by atoms with Crippen LogP contribution in [-0.4, -0.2) is 30.0 Å². The van der Waals surface area contributed by atoms with Crippen LogP contribution in [0, 0.1) is 0 Å². The lowest BCUT2D eigenvalue weighted by atomic mass is 10.2. The van der Waals surface area contributed by atoms with Crippen molar-refractivity contribution in [2.24, 2.45) is 4.99 Å². The Morgan fingerprint density at radius 1 is 1.47 bits per heavy atom. The van der Waals surface area contributed by atoms with Crippen molar-refractivity contribution in [1.82, 2.24) is 0 Å². The average molecular weight is 211 g/mol. The Balaban J connectivity index is 2.48. The van der Waals surface area contributed by atoms with Gasteiger partial charge in [0.05, 0.1) is 13.0 Å². The largest absolute Gasteiger partial charge is 0.461 e. The lowest BCUT2D eigenvalue weighted by Gasteiger charge is -1.94. The third kappa shape index (κ3) is 3.61. The van der Waals surface area contributed by atoms with Gasteiger partial charge >= 0.3 is 5.97 Å². The van der Waals surface area contributed by atoms with Crippen molar-refractivity contribution in [1.29, 1.82) is 0 Å². The summed E-state index contributed by atoms with van der Waals surface area (Å²) < 4.78 is 4.61.